The molecule has 0 saturated carbocycles. The standard InChI is InChI=1S/C64H111O11P/c1-4-7-10-13-16-19-22-25-27-29-30-32-34-37-40-43-46-49-52-55-64(68)75-61(57-71-62(66)53-50-47-44-41-38-36-33-31-28-26-23-20-17-14-11-8-5-2)59-73-76(69,70)72-58-60(56-65)74-63(67)54-51-48-45-42-39-35-24-21-18-15-12-9-6-3/h8,11,16-17,19-21,24-28,33,36,60-61,65H,4-7,9-10,12-15,18,22-23,29-32,34-35,37-59H2,1-3H3,(H,69,70)/b11-8-,19-16-,20-17-,24-21-,27-25-,28-26-,36-33-. The summed E-state index contributed by atoms with van der Waals surface area (Å²) in [7, 11) is -4.76. The maximum absolute atomic E-state index is 12.9. The number of phosphoric ester groups is 1. The fraction of sp³-hybridized carbons (Fsp3) is 0.734. The van der Waals surface area contributed by atoms with E-state index in [1.165, 1.54) is 83.5 Å². The lowest BCUT2D eigenvalue weighted by molar-refractivity contribution is -0.161. The SMILES string of the molecule is CC/C=C\C/C=C\C/C=C\C/C=C\CCCCCCC(=O)OCC(COP(=O)(O)OCC(CO)OC(=O)CCCCCCC/C=C\CCCCCC)OC(=O)CCCCCCCCCCC/C=C\C/C=C\CCCCC. The maximum atomic E-state index is 12.9. The minimum atomic E-state index is -4.76. The van der Waals surface area contributed by atoms with Gasteiger partial charge >= 0.3 is 25.7 Å². The molecule has 0 fully saturated rings. The molecule has 0 radical (unpaired) electrons. The van der Waals surface area contributed by atoms with Crippen LogP contribution in [0.4, 0.5) is 0 Å². The Morgan fingerprint density at radius 2 is 0.684 bits per heavy atom. The molecule has 11 nitrogen and oxygen atoms in total. The summed E-state index contributed by atoms with van der Waals surface area (Å²) in [5.74, 6) is -1.50. The van der Waals surface area contributed by atoms with Crippen molar-refractivity contribution in [2.24, 2.45) is 0 Å². The van der Waals surface area contributed by atoms with E-state index in [1.54, 1.807) is 0 Å². The van der Waals surface area contributed by atoms with Gasteiger partial charge in [-0.15, -0.1) is 0 Å². The van der Waals surface area contributed by atoms with Gasteiger partial charge in [-0.1, -0.05) is 215 Å². The maximum Gasteiger partial charge on any atom is 0.472 e. The van der Waals surface area contributed by atoms with Gasteiger partial charge in [-0.05, 0) is 116 Å². The van der Waals surface area contributed by atoms with Crippen LogP contribution in [-0.4, -0.2) is 66.5 Å². The first-order valence-corrected chi connectivity index (χ1v) is 32.0. The molecule has 438 valence electrons. The highest BCUT2D eigenvalue weighted by atomic mass is 31.2. The number of aliphatic hydroxyl groups excluding tert-OH is 1. The van der Waals surface area contributed by atoms with Crippen molar-refractivity contribution < 1.29 is 52.2 Å². The van der Waals surface area contributed by atoms with E-state index in [1.807, 2.05) is 0 Å². The summed E-state index contributed by atoms with van der Waals surface area (Å²) in [6, 6.07) is 0. The van der Waals surface area contributed by atoms with Crippen LogP contribution in [0, 0.1) is 0 Å². The molecule has 0 aromatic rings. The van der Waals surface area contributed by atoms with Crippen molar-refractivity contribution in [3.05, 3.63) is 85.1 Å². The molecule has 3 atom stereocenters. The Bertz CT molecular complexity index is 1600. The molecule has 0 aliphatic carbocycles. The summed E-state index contributed by atoms with van der Waals surface area (Å²) in [4.78, 5) is 48.6. The van der Waals surface area contributed by atoms with Crippen molar-refractivity contribution in [1.82, 2.24) is 0 Å². The highest BCUT2D eigenvalue weighted by Gasteiger charge is 2.28. The minimum absolute atomic E-state index is 0.154. The van der Waals surface area contributed by atoms with Crippen LogP contribution in [0.15, 0.2) is 85.1 Å². The molecule has 0 spiro atoms. The van der Waals surface area contributed by atoms with Crippen LogP contribution in [0.5, 0.6) is 0 Å². The van der Waals surface area contributed by atoms with Crippen LogP contribution in [0.25, 0.3) is 0 Å². The summed E-state index contributed by atoms with van der Waals surface area (Å²) in [5.41, 5.74) is 0. The Hall–Kier alpha value is -3.34. The van der Waals surface area contributed by atoms with Crippen molar-refractivity contribution in [2.75, 3.05) is 26.4 Å². The Morgan fingerprint density at radius 1 is 0.382 bits per heavy atom. The Morgan fingerprint density at radius 3 is 1.09 bits per heavy atom. The van der Waals surface area contributed by atoms with Gasteiger partial charge in [0, 0.05) is 19.3 Å². The molecule has 0 aliphatic rings. The number of aliphatic hydroxyl groups is 1. The molecule has 0 saturated heterocycles. The molecule has 76 heavy (non-hydrogen) atoms. The second-order valence-electron chi connectivity index (χ2n) is 20.1. The van der Waals surface area contributed by atoms with Crippen molar-refractivity contribution in [3.8, 4) is 0 Å². The van der Waals surface area contributed by atoms with Gasteiger partial charge in [0.05, 0.1) is 19.8 Å². The molecule has 0 aliphatic heterocycles. The zero-order chi connectivity index (χ0) is 55.5. The first kappa shape index (κ1) is 72.7. The van der Waals surface area contributed by atoms with Crippen molar-refractivity contribution >= 4 is 25.7 Å². The molecule has 12 heteroatoms. The van der Waals surface area contributed by atoms with Gasteiger partial charge in [-0.3, -0.25) is 23.4 Å². The number of hydrogen-bond acceptors (Lipinski definition) is 10. The van der Waals surface area contributed by atoms with Crippen LogP contribution < -0.4 is 0 Å². The fourth-order valence-electron chi connectivity index (χ4n) is 8.14. The number of carbonyl (C=O) groups is 3. The van der Waals surface area contributed by atoms with Crippen LogP contribution in [0.1, 0.15) is 265 Å². The van der Waals surface area contributed by atoms with E-state index < -0.39 is 57.8 Å². The van der Waals surface area contributed by atoms with Gasteiger partial charge in [-0.2, -0.15) is 0 Å². The lowest BCUT2D eigenvalue weighted by Gasteiger charge is -2.21. The summed E-state index contributed by atoms with van der Waals surface area (Å²) in [6.07, 6.45) is 66.7. The van der Waals surface area contributed by atoms with E-state index in [9.17, 15) is 28.9 Å². The summed E-state index contributed by atoms with van der Waals surface area (Å²) in [5, 5.41) is 9.82. The average Bonchev–Trinajstić information content (AvgIpc) is 3.41. The molecule has 0 heterocycles. The summed E-state index contributed by atoms with van der Waals surface area (Å²) >= 11 is 0. The lowest BCUT2D eigenvalue weighted by Crippen LogP contribution is -2.30. The molecule has 3 unspecified atom stereocenters. The lowest BCUT2D eigenvalue weighted by atomic mass is 10.1. The third-order valence-corrected chi connectivity index (χ3v) is 13.7. The highest BCUT2D eigenvalue weighted by molar-refractivity contribution is 7.47. The molecular weight excluding hydrogens is 976 g/mol. The van der Waals surface area contributed by atoms with E-state index in [-0.39, 0.29) is 25.9 Å². The highest BCUT2D eigenvalue weighted by Crippen LogP contribution is 2.43. The second-order valence-corrected chi connectivity index (χ2v) is 21.6. The predicted octanol–water partition coefficient (Wildman–Crippen LogP) is 18.3. The normalized spacial score (nSPS) is 13.9. The monoisotopic (exact) mass is 1090 g/mol. The van der Waals surface area contributed by atoms with E-state index >= 15 is 0 Å². The summed E-state index contributed by atoms with van der Waals surface area (Å²) in [6.45, 7) is 4.47. The molecule has 0 aromatic carbocycles. The number of allylic oxidation sites excluding steroid dienone is 14. The Kier molecular flexibility index (Phi) is 55.3. The minimum Gasteiger partial charge on any atom is -0.462 e. The molecule has 0 bridgehead atoms. The number of carbonyl (C=O) groups excluding carboxylic acids is 3. The zero-order valence-electron chi connectivity index (χ0n) is 48.5. The second kappa shape index (κ2) is 57.8. The fourth-order valence-corrected chi connectivity index (χ4v) is 8.92. The third-order valence-electron chi connectivity index (χ3n) is 12.8. The average molecular weight is 1090 g/mol. The quantitative estimate of drug-likeness (QED) is 0.0197. The van der Waals surface area contributed by atoms with E-state index in [0.717, 1.165) is 122 Å². The van der Waals surface area contributed by atoms with Gasteiger partial charge in [-0.25, -0.2) is 4.57 Å². The van der Waals surface area contributed by atoms with Crippen molar-refractivity contribution in [3.63, 3.8) is 0 Å². The zero-order valence-corrected chi connectivity index (χ0v) is 49.3. The molecule has 0 amide bonds. The first-order chi connectivity index (χ1) is 37.2. The Balaban J connectivity index is 4.77. The van der Waals surface area contributed by atoms with Crippen LogP contribution in [0.2, 0.25) is 0 Å². The number of rotatable bonds is 56. The van der Waals surface area contributed by atoms with E-state index in [2.05, 4.69) is 106 Å². The van der Waals surface area contributed by atoms with Crippen molar-refractivity contribution in [1.29, 1.82) is 0 Å². The number of phosphoric acid groups is 1. The molecular formula is C64H111O11P. The first-order valence-electron chi connectivity index (χ1n) is 30.5. The summed E-state index contributed by atoms with van der Waals surface area (Å²) < 4.78 is 39.6. The van der Waals surface area contributed by atoms with Crippen molar-refractivity contribution in [2.45, 2.75) is 277 Å². The van der Waals surface area contributed by atoms with Crippen LogP contribution in [-0.2, 0) is 42.2 Å². The Labute approximate surface area is 464 Å². The number of ether oxygens (including phenoxy) is 3. The number of esters is 3. The largest absolute Gasteiger partial charge is 0.472 e. The topological polar surface area (TPSA) is 155 Å². The van der Waals surface area contributed by atoms with E-state index in [4.69, 9.17) is 23.3 Å². The van der Waals surface area contributed by atoms with Crippen LogP contribution in [0.3, 0.4) is 0 Å². The van der Waals surface area contributed by atoms with Gasteiger partial charge in [0.2, 0.25) is 0 Å². The third kappa shape index (κ3) is 55.4. The van der Waals surface area contributed by atoms with Gasteiger partial charge in [0.15, 0.2) is 6.10 Å². The van der Waals surface area contributed by atoms with Gasteiger partial charge in [0.25, 0.3) is 0 Å². The molecule has 0 rings (SSSR count). The number of unbranched alkanes of at least 4 members (excludes halogenated alkanes) is 25. The number of hydrogen-bond donors (Lipinski definition) is 2. The van der Waals surface area contributed by atoms with Gasteiger partial charge < -0.3 is 24.2 Å². The smallest absolute Gasteiger partial charge is 0.462 e. The molecule has 2 N–H and O–H groups in total. The van der Waals surface area contributed by atoms with Gasteiger partial charge in [0.1, 0.15) is 12.7 Å². The predicted molar refractivity (Wildman–Crippen MR) is 316 cm³/mol. The van der Waals surface area contributed by atoms with Crippen LogP contribution >= 0.6 is 7.82 Å². The molecule has 0 aromatic heterocycles. The van der Waals surface area contributed by atoms with E-state index in [0.29, 0.717) is 19.3 Å².